The summed E-state index contributed by atoms with van der Waals surface area (Å²) in [6.45, 7) is 5.72. The van der Waals surface area contributed by atoms with Crippen molar-refractivity contribution in [2.75, 3.05) is 13.1 Å². The predicted molar refractivity (Wildman–Crippen MR) is 128 cm³/mol. The Kier molecular flexibility index (Phi) is 7.22. The van der Waals surface area contributed by atoms with E-state index in [0.717, 1.165) is 41.8 Å². The van der Waals surface area contributed by atoms with E-state index in [-0.39, 0.29) is 23.1 Å². The Hall–Kier alpha value is -1.42. The van der Waals surface area contributed by atoms with Crippen molar-refractivity contribution in [3.63, 3.8) is 0 Å². The van der Waals surface area contributed by atoms with Crippen molar-refractivity contribution in [2.24, 2.45) is 0 Å². The Labute approximate surface area is 207 Å². The summed E-state index contributed by atoms with van der Waals surface area (Å²) in [6, 6.07) is 11.4. The zero-order chi connectivity index (χ0) is 24.7. The third-order valence-corrected chi connectivity index (χ3v) is 10.2. The Morgan fingerprint density at radius 3 is 1.97 bits per heavy atom. The SMILES string of the molecule is CC1CN(C2CCC(c3ccc(Br)cc3)(S(=O)(=O)c3ccc(C(F)(F)F)cc3)CC2)CC(C)O1. The molecule has 0 radical (unpaired) electrons. The summed E-state index contributed by atoms with van der Waals surface area (Å²) in [7, 11) is -3.95. The highest BCUT2D eigenvalue weighted by Crippen LogP contribution is 2.48. The number of hydrogen-bond acceptors (Lipinski definition) is 4. The molecule has 1 saturated heterocycles. The molecule has 0 amide bonds. The number of benzene rings is 2. The van der Waals surface area contributed by atoms with Gasteiger partial charge in [0.25, 0.3) is 0 Å². The zero-order valence-electron chi connectivity index (χ0n) is 19.2. The number of nitrogens with zero attached hydrogens (tertiary/aromatic N) is 1. The van der Waals surface area contributed by atoms with Gasteiger partial charge in [0.1, 0.15) is 4.75 Å². The minimum absolute atomic E-state index is 0.0736. The minimum Gasteiger partial charge on any atom is -0.373 e. The molecule has 1 saturated carbocycles. The lowest BCUT2D eigenvalue weighted by molar-refractivity contribution is -0.137. The summed E-state index contributed by atoms with van der Waals surface area (Å²) in [5.41, 5.74) is -0.179. The van der Waals surface area contributed by atoms with Gasteiger partial charge in [0, 0.05) is 23.6 Å². The van der Waals surface area contributed by atoms with Crippen LogP contribution < -0.4 is 0 Å². The molecule has 34 heavy (non-hydrogen) atoms. The molecule has 2 aromatic carbocycles. The van der Waals surface area contributed by atoms with Crippen LogP contribution in [0.4, 0.5) is 13.2 Å². The van der Waals surface area contributed by atoms with E-state index in [2.05, 4.69) is 20.8 Å². The van der Waals surface area contributed by atoms with Gasteiger partial charge in [-0.15, -0.1) is 0 Å². The topological polar surface area (TPSA) is 46.6 Å². The van der Waals surface area contributed by atoms with E-state index >= 15 is 0 Å². The molecule has 186 valence electrons. The molecular formula is C25H29BrF3NO3S. The molecule has 1 heterocycles. The maximum absolute atomic E-state index is 14.0. The standard InChI is InChI=1S/C25H29BrF3NO3S/c1-17-15-30(16-18(2)33-17)22-11-13-24(14-12-22,19-3-7-21(26)8-4-19)34(31,32)23-9-5-20(6-10-23)25(27,28)29/h3-10,17-18,22H,11-16H2,1-2H3. The Morgan fingerprint density at radius 1 is 0.941 bits per heavy atom. The normalized spacial score (nSPS) is 29.2. The second-order valence-corrected chi connectivity index (χ2v) is 12.6. The van der Waals surface area contributed by atoms with Crippen LogP contribution in [-0.4, -0.2) is 44.7 Å². The third kappa shape index (κ3) is 4.94. The van der Waals surface area contributed by atoms with E-state index in [1.807, 2.05) is 38.1 Å². The van der Waals surface area contributed by atoms with Gasteiger partial charge in [-0.3, -0.25) is 4.90 Å². The van der Waals surface area contributed by atoms with E-state index in [0.29, 0.717) is 31.2 Å². The summed E-state index contributed by atoms with van der Waals surface area (Å²) in [4.78, 5) is 2.32. The third-order valence-electron chi connectivity index (χ3n) is 7.10. The molecule has 2 aromatic rings. The highest BCUT2D eigenvalue weighted by molar-refractivity contribution is 9.10. The molecule has 2 atom stereocenters. The van der Waals surface area contributed by atoms with Crippen LogP contribution in [0.3, 0.4) is 0 Å². The maximum atomic E-state index is 14.0. The number of ether oxygens (including phenoxy) is 1. The molecule has 1 aliphatic carbocycles. The van der Waals surface area contributed by atoms with Crippen molar-refractivity contribution in [3.8, 4) is 0 Å². The van der Waals surface area contributed by atoms with Gasteiger partial charge in [-0.05, 0) is 81.5 Å². The molecular weight excluding hydrogens is 531 g/mol. The minimum atomic E-state index is -4.52. The number of hydrogen-bond donors (Lipinski definition) is 0. The van der Waals surface area contributed by atoms with Gasteiger partial charge in [0.05, 0.1) is 22.7 Å². The summed E-state index contributed by atoms with van der Waals surface area (Å²) >= 11 is 3.41. The number of morpholine rings is 1. The number of alkyl halides is 3. The Morgan fingerprint density at radius 2 is 1.47 bits per heavy atom. The summed E-state index contributed by atoms with van der Waals surface area (Å²) in [5, 5.41) is 0. The highest BCUT2D eigenvalue weighted by atomic mass is 79.9. The van der Waals surface area contributed by atoms with Gasteiger partial charge in [0.2, 0.25) is 0 Å². The van der Waals surface area contributed by atoms with Crippen LogP contribution in [-0.2, 0) is 25.5 Å². The molecule has 4 nitrogen and oxygen atoms in total. The summed E-state index contributed by atoms with van der Waals surface area (Å²) in [5.74, 6) is 0. The molecule has 0 aromatic heterocycles. The predicted octanol–water partition coefficient (Wildman–Crippen LogP) is 6.19. The van der Waals surface area contributed by atoms with Crippen LogP contribution in [0.5, 0.6) is 0 Å². The molecule has 0 N–H and O–H groups in total. The lowest BCUT2D eigenvalue weighted by Gasteiger charge is -2.46. The van der Waals surface area contributed by atoms with E-state index in [9.17, 15) is 21.6 Å². The van der Waals surface area contributed by atoms with Gasteiger partial charge >= 0.3 is 6.18 Å². The number of halogens is 4. The number of sulfone groups is 1. The Balaban J connectivity index is 1.67. The zero-order valence-corrected chi connectivity index (χ0v) is 21.6. The average molecular weight is 560 g/mol. The first-order chi connectivity index (χ1) is 15.9. The van der Waals surface area contributed by atoms with Gasteiger partial charge in [-0.25, -0.2) is 8.42 Å². The average Bonchev–Trinajstić information content (AvgIpc) is 2.78. The fourth-order valence-electron chi connectivity index (χ4n) is 5.46. The molecule has 0 bridgehead atoms. The first-order valence-electron chi connectivity index (χ1n) is 11.5. The van der Waals surface area contributed by atoms with Gasteiger partial charge in [-0.1, -0.05) is 28.1 Å². The van der Waals surface area contributed by atoms with Crippen molar-refractivity contribution in [1.82, 2.24) is 4.90 Å². The van der Waals surface area contributed by atoms with E-state index < -0.39 is 26.3 Å². The van der Waals surface area contributed by atoms with Crippen LogP contribution in [0.15, 0.2) is 57.9 Å². The molecule has 2 unspecified atom stereocenters. The summed E-state index contributed by atoms with van der Waals surface area (Å²) < 4.78 is 72.7. The van der Waals surface area contributed by atoms with E-state index in [1.54, 1.807) is 0 Å². The van der Waals surface area contributed by atoms with Crippen molar-refractivity contribution < 1.29 is 26.3 Å². The second kappa shape index (κ2) is 9.56. The first kappa shape index (κ1) is 25.7. The van der Waals surface area contributed by atoms with Crippen LogP contribution in [0.2, 0.25) is 0 Å². The maximum Gasteiger partial charge on any atom is 0.416 e. The summed E-state index contributed by atoms with van der Waals surface area (Å²) in [6.07, 6.45) is -2.08. The fourth-order valence-corrected chi connectivity index (χ4v) is 7.89. The van der Waals surface area contributed by atoms with Gasteiger partial charge < -0.3 is 4.74 Å². The first-order valence-corrected chi connectivity index (χ1v) is 13.8. The van der Waals surface area contributed by atoms with Gasteiger partial charge in [-0.2, -0.15) is 13.2 Å². The molecule has 2 fully saturated rings. The lowest BCUT2D eigenvalue weighted by Crippen LogP contribution is -2.53. The quantitative estimate of drug-likeness (QED) is 0.448. The molecule has 0 spiro atoms. The Bertz CT molecular complexity index is 1090. The largest absolute Gasteiger partial charge is 0.416 e. The van der Waals surface area contributed by atoms with Crippen molar-refractivity contribution >= 4 is 25.8 Å². The fraction of sp³-hybridized carbons (Fsp3) is 0.520. The van der Waals surface area contributed by atoms with Gasteiger partial charge in [0.15, 0.2) is 9.84 Å². The van der Waals surface area contributed by atoms with Crippen molar-refractivity contribution in [2.45, 2.75) is 73.6 Å². The van der Waals surface area contributed by atoms with E-state index in [4.69, 9.17) is 4.74 Å². The van der Waals surface area contributed by atoms with Crippen molar-refractivity contribution in [3.05, 3.63) is 64.1 Å². The number of rotatable bonds is 4. The smallest absolute Gasteiger partial charge is 0.373 e. The molecule has 9 heteroatoms. The van der Waals surface area contributed by atoms with Crippen LogP contribution in [0, 0.1) is 0 Å². The van der Waals surface area contributed by atoms with Crippen LogP contribution in [0.1, 0.15) is 50.7 Å². The monoisotopic (exact) mass is 559 g/mol. The molecule has 4 rings (SSSR count). The molecule has 1 aliphatic heterocycles. The van der Waals surface area contributed by atoms with Crippen LogP contribution in [0.25, 0.3) is 0 Å². The van der Waals surface area contributed by atoms with Crippen molar-refractivity contribution in [1.29, 1.82) is 0 Å². The lowest BCUT2D eigenvalue weighted by atomic mass is 9.80. The van der Waals surface area contributed by atoms with E-state index in [1.165, 1.54) is 0 Å². The molecule has 2 aliphatic rings. The van der Waals surface area contributed by atoms with Crippen LogP contribution >= 0.6 is 15.9 Å². The second-order valence-electron chi connectivity index (χ2n) is 9.47. The highest BCUT2D eigenvalue weighted by Gasteiger charge is 2.49.